The summed E-state index contributed by atoms with van der Waals surface area (Å²) in [6, 6.07) is 0. The zero-order valence-corrected chi connectivity index (χ0v) is 10.6. The van der Waals surface area contributed by atoms with Crippen molar-refractivity contribution in [2.75, 3.05) is 0 Å². The van der Waals surface area contributed by atoms with Gasteiger partial charge in [-0.2, -0.15) is 0 Å². The lowest BCUT2D eigenvalue weighted by atomic mass is 10.3. The first-order valence-corrected chi connectivity index (χ1v) is 6.40. The summed E-state index contributed by atoms with van der Waals surface area (Å²) in [4.78, 5) is 2.76. The lowest BCUT2D eigenvalue weighted by molar-refractivity contribution is 0.146. The average molecular weight is 369 g/mol. The van der Waals surface area contributed by atoms with Gasteiger partial charge in [0.05, 0.1) is 10.6 Å². The largest absolute Gasteiger partial charge is 0.267 e. The third-order valence-electron chi connectivity index (χ3n) is 1.48. The van der Waals surface area contributed by atoms with E-state index in [-0.39, 0.29) is 3.70 Å². The van der Waals surface area contributed by atoms with E-state index in [1.165, 1.54) is 22.6 Å². The molecule has 15 heavy (non-hydrogen) atoms. The van der Waals surface area contributed by atoms with Gasteiger partial charge in [-0.3, -0.25) is 0 Å². The number of sulfonamides is 1. The molecule has 0 radical (unpaired) electrons. The Balaban J connectivity index is 3.68. The SMILES string of the molecule is NS(=O)(=O)c1c(Cl)cnc(I)c1C(F)F. The first-order chi connectivity index (χ1) is 6.75. The van der Waals surface area contributed by atoms with E-state index in [1.807, 2.05) is 0 Å². The van der Waals surface area contributed by atoms with Crippen molar-refractivity contribution >= 4 is 44.2 Å². The molecule has 0 spiro atoms. The zero-order chi connectivity index (χ0) is 11.8. The minimum Gasteiger partial charge on any atom is -0.248 e. The molecule has 2 N–H and O–H groups in total. The lowest BCUT2D eigenvalue weighted by Gasteiger charge is -2.09. The van der Waals surface area contributed by atoms with Gasteiger partial charge >= 0.3 is 0 Å². The van der Waals surface area contributed by atoms with Gasteiger partial charge in [-0.05, 0) is 22.6 Å². The highest BCUT2D eigenvalue weighted by atomic mass is 127. The summed E-state index contributed by atoms with van der Waals surface area (Å²) in [5.74, 6) is 0. The van der Waals surface area contributed by atoms with Crippen molar-refractivity contribution in [2.24, 2.45) is 5.14 Å². The van der Waals surface area contributed by atoms with Crippen LogP contribution in [0.4, 0.5) is 8.78 Å². The van der Waals surface area contributed by atoms with Crippen LogP contribution in [0, 0.1) is 3.70 Å². The molecule has 0 bridgehead atoms. The van der Waals surface area contributed by atoms with Crippen LogP contribution in [0.5, 0.6) is 0 Å². The second-order valence-electron chi connectivity index (χ2n) is 2.49. The fourth-order valence-electron chi connectivity index (χ4n) is 0.942. The Morgan fingerprint density at radius 1 is 1.53 bits per heavy atom. The maximum atomic E-state index is 12.6. The van der Waals surface area contributed by atoms with Crippen LogP contribution in [0.15, 0.2) is 11.1 Å². The maximum Gasteiger partial charge on any atom is 0.267 e. The Morgan fingerprint density at radius 2 is 2.07 bits per heavy atom. The van der Waals surface area contributed by atoms with Crippen LogP contribution in [0.3, 0.4) is 0 Å². The Kier molecular flexibility index (Phi) is 3.85. The van der Waals surface area contributed by atoms with Crippen molar-refractivity contribution < 1.29 is 17.2 Å². The van der Waals surface area contributed by atoms with Gasteiger partial charge in [-0.15, -0.1) is 0 Å². The smallest absolute Gasteiger partial charge is 0.248 e. The molecule has 0 amide bonds. The second-order valence-corrected chi connectivity index (χ2v) is 5.41. The molecule has 0 saturated carbocycles. The minimum absolute atomic E-state index is 0.143. The summed E-state index contributed by atoms with van der Waals surface area (Å²) >= 11 is 6.96. The first kappa shape index (κ1) is 13.0. The molecule has 9 heteroatoms. The third kappa shape index (κ3) is 2.74. The summed E-state index contributed by atoms with van der Waals surface area (Å²) in [6.07, 6.45) is -2.04. The normalized spacial score (nSPS) is 12.1. The summed E-state index contributed by atoms with van der Waals surface area (Å²) < 4.78 is 47.1. The molecule has 1 aromatic heterocycles. The monoisotopic (exact) mass is 368 g/mol. The molecular formula is C6H4ClF2IN2O2S. The number of hydrogen-bond acceptors (Lipinski definition) is 3. The second kappa shape index (κ2) is 4.44. The van der Waals surface area contributed by atoms with Gasteiger partial charge in [0.2, 0.25) is 10.0 Å². The number of aromatic nitrogens is 1. The van der Waals surface area contributed by atoms with Crippen LogP contribution in [0.2, 0.25) is 5.02 Å². The third-order valence-corrected chi connectivity index (χ3v) is 3.74. The van der Waals surface area contributed by atoms with Crippen LogP contribution in [-0.4, -0.2) is 13.4 Å². The van der Waals surface area contributed by atoms with E-state index in [4.69, 9.17) is 16.7 Å². The fraction of sp³-hybridized carbons (Fsp3) is 0.167. The molecule has 84 valence electrons. The Labute approximate surface area is 103 Å². The maximum absolute atomic E-state index is 12.6. The molecule has 1 rings (SSSR count). The van der Waals surface area contributed by atoms with Gasteiger partial charge in [0.25, 0.3) is 6.43 Å². The highest BCUT2D eigenvalue weighted by molar-refractivity contribution is 14.1. The van der Waals surface area contributed by atoms with Crippen LogP contribution in [0.1, 0.15) is 12.0 Å². The number of alkyl halides is 2. The molecule has 4 nitrogen and oxygen atoms in total. The van der Waals surface area contributed by atoms with Gasteiger partial charge in [0.15, 0.2) is 0 Å². The predicted molar refractivity (Wildman–Crippen MR) is 58.3 cm³/mol. The number of primary sulfonamides is 1. The van der Waals surface area contributed by atoms with Gasteiger partial charge in [0.1, 0.15) is 8.60 Å². The number of nitrogens with zero attached hydrogens (tertiary/aromatic N) is 1. The van der Waals surface area contributed by atoms with Gasteiger partial charge in [-0.25, -0.2) is 27.3 Å². The topological polar surface area (TPSA) is 73.1 Å². The molecule has 0 unspecified atom stereocenters. The Bertz CT molecular complexity index is 494. The summed E-state index contributed by atoms with van der Waals surface area (Å²) in [5.41, 5.74) is -0.759. The molecule has 0 aliphatic rings. The van der Waals surface area contributed by atoms with E-state index in [0.29, 0.717) is 0 Å². The molecule has 1 heterocycles. The predicted octanol–water partition coefficient (Wildman–Crippen LogP) is 1.92. The van der Waals surface area contributed by atoms with Crippen molar-refractivity contribution in [1.29, 1.82) is 0 Å². The average Bonchev–Trinajstić information content (AvgIpc) is 2.05. The van der Waals surface area contributed by atoms with E-state index >= 15 is 0 Å². The molecule has 0 fully saturated rings. The lowest BCUT2D eigenvalue weighted by Crippen LogP contribution is -2.17. The van der Waals surface area contributed by atoms with E-state index in [2.05, 4.69) is 4.98 Å². The molecule has 0 aliphatic heterocycles. The molecule has 0 aliphatic carbocycles. The van der Waals surface area contributed by atoms with E-state index < -0.39 is 31.9 Å². The number of halogens is 4. The summed E-state index contributed by atoms with van der Waals surface area (Å²) in [5, 5.41) is 4.38. The van der Waals surface area contributed by atoms with Crippen LogP contribution >= 0.6 is 34.2 Å². The van der Waals surface area contributed by atoms with Crippen molar-refractivity contribution in [3.63, 3.8) is 0 Å². The van der Waals surface area contributed by atoms with Crippen molar-refractivity contribution in [1.82, 2.24) is 4.98 Å². The standard InChI is InChI=1S/C6H4ClF2IN2O2S/c7-2-1-12-6(10)3(5(8)9)4(2)15(11,13)14/h1,5H,(H2,11,13,14). The van der Waals surface area contributed by atoms with Gasteiger partial charge in [-0.1, -0.05) is 11.6 Å². The fourth-order valence-corrected chi connectivity index (χ4v) is 3.06. The first-order valence-electron chi connectivity index (χ1n) is 3.40. The highest BCUT2D eigenvalue weighted by Crippen LogP contribution is 2.33. The minimum atomic E-state index is -4.29. The van der Waals surface area contributed by atoms with E-state index in [1.54, 1.807) is 0 Å². The number of pyridine rings is 1. The Morgan fingerprint density at radius 3 is 2.40 bits per heavy atom. The van der Waals surface area contributed by atoms with Crippen molar-refractivity contribution in [3.05, 3.63) is 20.5 Å². The molecular weight excluding hydrogens is 364 g/mol. The summed E-state index contributed by atoms with van der Waals surface area (Å²) in [6.45, 7) is 0. The summed E-state index contributed by atoms with van der Waals surface area (Å²) in [7, 11) is -4.29. The zero-order valence-electron chi connectivity index (χ0n) is 6.92. The molecule has 0 aromatic carbocycles. The van der Waals surface area contributed by atoms with Crippen molar-refractivity contribution in [3.8, 4) is 0 Å². The number of rotatable bonds is 2. The molecule has 1 aromatic rings. The van der Waals surface area contributed by atoms with Crippen LogP contribution in [-0.2, 0) is 10.0 Å². The molecule has 0 saturated heterocycles. The van der Waals surface area contributed by atoms with E-state index in [9.17, 15) is 17.2 Å². The van der Waals surface area contributed by atoms with Gasteiger partial charge in [0, 0.05) is 6.20 Å². The number of nitrogens with two attached hydrogens (primary N) is 1. The number of hydrogen-bond donors (Lipinski definition) is 1. The van der Waals surface area contributed by atoms with Crippen LogP contribution in [0.25, 0.3) is 0 Å². The molecule has 0 atom stereocenters. The van der Waals surface area contributed by atoms with E-state index in [0.717, 1.165) is 6.20 Å². The van der Waals surface area contributed by atoms with Gasteiger partial charge < -0.3 is 0 Å². The highest BCUT2D eigenvalue weighted by Gasteiger charge is 2.27. The Hall–Kier alpha value is -0.0600. The van der Waals surface area contributed by atoms with Crippen LogP contribution < -0.4 is 5.14 Å². The van der Waals surface area contributed by atoms with Crippen molar-refractivity contribution in [2.45, 2.75) is 11.3 Å². The quantitative estimate of drug-likeness (QED) is 0.640.